The average molecular weight is 287 g/mol. The van der Waals surface area contributed by atoms with Crippen LogP contribution in [0.1, 0.15) is 44.5 Å². The van der Waals surface area contributed by atoms with Crippen LogP contribution < -0.4 is 5.73 Å². The van der Waals surface area contributed by atoms with Crippen LogP contribution in [0.15, 0.2) is 24.3 Å². The maximum Gasteiger partial charge on any atom is 0.323 e. The summed E-state index contributed by atoms with van der Waals surface area (Å²) in [6.07, 6.45) is 3.64. The van der Waals surface area contributed by atoms with E-state index in [2.05, 4.69) is 22.5 Å². The number of aromatic nitrogens is 2. The Morgan fingerprint density at radius 1 is 1.52 bits per heavy atom. The molecule has 5 heteroatoms. The molecule has 0 radical (unpaired) electrons. The predicted octanol–water partition coefficient (Wildman–Crippen LogP) is 2.50. The van der Waals surface area contributed by atoms with Crippen molar-refractivity contribution in [3.8, 4) is 0 Å². The standard InChI is InChI=1S/C16H21N3O2/c1-2-14-18-12-7-3-4-8-13(12)19(14)11-6-5-9-16(17,10-11)15(20)21/h3-4,7-8,11H,2,5-6,9-10,17H2,1H3,(H,20,21). The normalized spacial score (nSPS) is 26.1. The third-order valence-electron chi connectivity index (χ3n) is 4.54. The van der Waals surface area contributed by atoms with Crippen molar-refractivity contribution in [2.75, 3.05) is 0 Å². The fourth-order valence-corrected chi connectivity index (χ4v) is 3.44. The molecule has 3 N–H and O–H groups in total. The summed E-state index contributed by atoms with van der Waals surface area (Å²) >= 11 is 0. The van der Waals surface area contributed by atoms with Crippen molar-refractivity contribution in [3.05, 3.63) is 30.1 Å². The SMILES string of the molecule is CCc1nc2ccccc2n1C1CCCC(N)(C(=O)O)C1. The Kier molecular flexibility index (Phi) is 3.45. The van der Waals surface area contributed by atoms with E-state index in [1.165, 1.54) is 0 Å². The van der Waals surface area contributed by atoms with Crippen molar-refractivity contribution >= 4 is 17.0 Å². The topological polar surface area (TPSA) is 81.1 Å². The van der Waals surface area contributed by atoms with Crippen LogP contribution in [0.3, 0.4) is 0 Å². The monoisotopic (exact) mass is 287 g/mol. The van der Waals surface area contributed by atoms with Gasteiger partial charge in [-0.3, -0.25) is 4.79 Å². The van der Waals surface area contributed by atoms with E-state index in [-0.39, 0.29) is 6.04 Å². The summed E-state index contributed by atoms with van der Waals surface area (Å²) in [4.78, 5) is 16.1. The number of carboxylic acids is 1. The highest BCUT2D eigenvalue weighted by molar-refractivity contribution is 5.79. The first-order chi connectivity index (χ1) is 10.0. The Morgan fingerprint density at radius 3 is 3.00 bits per heavy atom. The second kappa shape index (κ2) is 5.15. The van der Waals surface area contributed by atoms with Crippen molar-refractivity contribution in [2.45, 2.75) is 50.6 Å². The van der Waals surface area contributed by atoms with Gasteiger partial charge in [-0.15, -0.1) is 0 Å². The molecule has 2 aromatic rings. The van der Waals surface area contributed by atoms with Crippen LogP contribution in [-0.4, -0.2) is 26.2 Å². The first kappa shape index (κ1) is 14.1. The van der Waals surface area contributed by atoms with Crippen molar-refractivity contribution < 1.29 is 9.90 Å². The number of aryl methyl sites for hydroxylation is 1. The second-order valence-electron chi connectivity index (χ2n) is 5.95. The average Bonchev–Trinajstić information content (AvgIpc) is 2.85. The predicted molar refractivity (Wildman–Crippen MR) is 81.2 cm³/mol. The molecule has 0 saturated heterocycles. The summed E-state index contributed by atoms with van der Waals surface area (Å²) in [6.45, 7) is 2.08. The van der Waals surface area contributed by atoms with Crippen molar-refractivity contribution in [2.24, 2.45) is 5.73 Å². The number of nitrogens with two attached hydrogens (primary N) is 1. The smallest absolute Gasteiger partial charge is 0.323 e. The second-order valence-corrected chi connectivity index (χ2v) is 5.95. The first-order valence-electron chi connectivity index (χ1n) is 7.53. The number of carboxylic acid groups (broad SMARTS) is 1. The Morgan fingerprint density at radius 2 is 2.29 bits per heavy atom. The number of imidazole rings is 1. The number of hydrogen-bond acceptors (Lipinski definition) is 3. The van der Waals surface area contributed by atoms with Crippen LogP contribution in [0, 0.1) is 0 Å². The molecule has 1 fully saturated rings. The van der Waals surface area contributed by atoms with Crippen molar-refractivity contribution in [1.82, 2.24) is 9.55 Å². The van der Waals surface area contributed by atoms with E-state index in [0.717, 1.165) is 36.1 Å². The highest BCUT2D eigenvalue weighted by Gasteiger charge is 2.40. The van der Waals surface area contributed by atoms with Gasteiger partial charge in [0, 0.05) is 12.5 Å². The Labute approximate surface area is 123 Å². The van der Waals surface area contributed by atoms with E-state index < -0.39 is 11.5 Å². The van der Waals surface area contributed by atoms with Crippen molar-refractivity contribution in [3.63, 3.8) is 0 Å². The van der Waals surface area contributed by atoms with E-state index in [1.54, 1.807) is 0 Å². The zero-order valence-corrected chi connectivity index (χ0v) is 12.2. The molecule has 0 aliphatic heterocycles. The van der Waals surface area contributed by atoms with Gasteiger partial charge in [0.25, 0.3) is 0 Å². The summed E-state index contributed by atoms with van der Waals surface area (Å²) in [7, 11) is 0. The fraction of sp³-hybridized carbons (Fsp3) is 0.500. The lowest BCUT2D eigenvalue weighted by Crippen LogP contribution is -2.51. The van der Waals surface area contributed by atoms with Gasteiger partial charge in [0.1, 0.15) is 11.4 Å². The van der Waals surface area contributed by atoms with Gasteiger partial charge >= 0.3 is 5.97 Å². The largest absolute Gasteiger partial charge is 0.480 e. The van der Waals surface area contributed by atoms with E-state index in [4.69, 9.17) is 5.73 Å². The molecule has 5 nitrogen and oxygen atoms in total. The van der Waals surface area contributed by atoms with Gasteiger partial charge in [0.15, 0.2) is 0 Å². The van der Waals surface area contributed by atoms with Crippen LogP contribution in [-0.2, 0) is 11.2 Å². The third-order valence-corrected chi connectivity index (χ3v) is 4.54. The lowest BCUT2D eigenvalue weighted by molar-refractivity contribution is -0.145. The Hall–Kier alpha value is -1.88. The van der Waals surface area contributed by atoms with Gasteiger partial charge in [0.2, 0.25) is 0 Å². The molecule has 3 rings (SSSR count). The van der Waals surface area contributed by atoms with Crippen LogP contribution >= 0.6 is 0 Å². The maximum atomic E-state index is 11.5. The lowest BCUT2D eigenvalue weighted by atomic mass is 9.79. The Bertz CT molecular complexity index is 679. The fourth-order valence-electron chi connectivity index (χ4n) is 3.44. The number of hydrogen-bond donors (Lipinski definition) is 2. The molecule has 112 valence electrons. The van der Waals surface area contributed by atoms with Crippen LogP contribution in [0.4, 0.5) is 0 Å². The molecule has 2 atom stereocenters. The minimum Gasteiger partial charge on any atom is -0.480 e. The van der Waals surface area contributed by atoms with Crippen molar-refractivity contribution in [1.29, 1.82) is 0 Å². The molecule has 0 spiro atoms. The van der Waals surface area contributed by atoms with E-state index >= 15 is 0 Å². The molecular weight excluding hydrogens is 266 g/mol. The number of rotatable bonds is 3. The molecule has 1 saturated carbocycles. The number of aliphatic carboxylic acids is 1. The number of nitrogens with zero attached hydrogens (tertiary/aromatic N) is 2. The van der Waals surface area contributed by atoms with Crippen LogP contribution in [0.25, 0.3) is 11.0 Å². The molecule has 0 amide bonds. The zero-order valence-electron chi connectivity index (χ0n) is 12.2. The van der Waals surface area contributed by atoms with Crippen LogP contribution in [0.2, 0.25) is 0 Å². The molecule has 0 bridgehead atoms. The van der Waals surface area contributed by atoms with E-state index in [0.29, 0.717) is 12.8 Å². The number of benzene rings is 1. The minimum absolute atomic E-state index is 0.113. The van der Waals surface area contributed by atoms with Gasteiger partial charge in [0.05, 0.1) is 11.0 Å². The van der Waals surface area contributed by atoms with Gasteiger partial charge < -0.3 is 15.4 Å². The van der Waals surface area contributed by atoms with Gasteiger partial charge in [-0.2, -0.15) is 0 Å². The molecule has 1 aromatic carbocycles. The third kappa shape index (κ3) is 2.31. The molecule has 1 heterocycles. The highest BCUT2D eigenvalue weighted by Crippen LogP contribution is 2.37. The number of fused-ring (bicyclic) bond motifs is 1. The molecule has 1 aliphatic rings. The number of carbonyl (C=O) groups is 1. The molecule has 2 unspecified atom stereocenters. The van der Waals surface area contributed by atoms with Gasteiger partial charge in [-0.25, -0.2) is 4.98 Å². The summed E-state index contributed by atoms with van der Waals surface area (Å²) in [5, 5.41) is 9.40. The minimum atomic E-state index is -1.11. The summed E-state index contributed by atoms with van der Waals surface area (Å²) in [6, 6.07) is 8.14. The molecule has 1 aliphatic carbocycles. The maximum absolute atomic E-state index is 11.5. The molecule has 21 heavy (non-hydrogen) atoms. The van der Waals surface area contributed by atoms with Crippen LogP contribution in [0.5, 0.6) is 0 Å². The van der Waals surface area contributed by atoms with Gasteiger partial charge in [-0.05, 0) is 37.8 Å². The van der Waals surface area contributed by atoms with E-state index in [1.807, 2.05) is 18.2 Å². The summed E-state index contributed by atoms with van der Waals surface area (Å²) in [5.41, 5.74) is 7.04. The van der Waals surface area contributed by atoms with E-state index in [9.17, 15) is 9.90 Å². The first-order valence-corrected chi connectivity index (χ1v) is 7.53. The molecular formula is C16H21N3O2. The zero-order chi connectivity index (χ0) is 15.0. The highest BCUT2D eigenvalue weighted by atomic mass is 16.4. The quantitative estimate of drug-likeness (QED) is 0.908. The summed E-state index contributed by atoms with van der Waals surface area (Å²) < 4.78 is 2.21. The summed E-state index contributed by atoms with van der Waals surface area (Å²) in [5.74, 6) is 0.116. The number of para-hydroxylation sites is 2. The lowest BCUT2D eigenvalue weighted by Gasteiger charge is -2.36. The van der Waals surface area contributed by atoms with Gasteiger partial charge in [-0.1, -0.05) is 19.1 Å². The molecule has 1 aromatic heterocycles. The Balaban J connectivity index is 2.05.